The van der Waals surface area contributed by atoms with Gasteiger partial charge in [0.2, 0.25) is 0 Å². The Bertz CT molecular complexity index is 1640. The van der Waals surface area contributed by atoms with Gasteiger partial charge in [0.15, 0.2) is 6.10 Å². The van der Waals surface area contributed by atoms with Crippen LogP contribution in [0, 0.1) is 0 Å². The van der Waals surface area contributed by atoms with Gasteiger partial charge in [0.05, 0.1) is 13.2 Å². The Labute approximate surface area is 479 Å². The lowest BCUT2D eigenvalue weighted by atomic mass is 10.0. The van der Waals surface area contributed by atoms with Gasteiger partial charge in [-0.05, 0) is 103 Å². The molecule has 9 nitrogen and oxygen atoms in total. The number of phosphoric ester groups is 1. The third-order valence-corrected chi connectivity index (χ3v) is 14.4. The molecule has 3 N–H and O–H groups in total. The Hall–Kier alpha value is -3.33. The van der Waals surface area contributed by atoms with Crippen molar-refractivity contribution in [2.75, 3.05) is 26.4 Å². The topological polar surface area (TPSA) is 134 Å². The zero-order valence-corrected chi connectivity index (χ0v) is 51.0. The van der Waals surface area contributed by atoms with Crippen LogP contribution in [-0.4, -0.2) is 49.3 Å². The third-order valence-electron chi connectivity index (χ3n) is 13.4. The fraction of sp³-hybridized carbons (Fsp3) is 0.706. The van der Waals surface area contributed by atoms with Crippen LogP contribution >= 0.6 is 7.82 Å². The number of phosphoric acid groups is 1. The Morgan fingerprint density at radius 1 is 0.397 bits per heavy atom. The van der Waals surface area contributed by atoms with E-state index < -0.39 is 32.5 Å². The second kappa shape index (κ2) is 62.9. The Morgan fingerprint density at radius 3 is 1.05 bits per heavy atom. The number of rotatable bonds is 59. The predicted octanol–water partition coefficient (Wildman–Crippen LogP) is 20.6. The van der Waals surface area contributed by atoms with Gasteiger partial charge in [-0.15, -0.1) is 0 Å². The van der Waals surface area contributed by atoms with Crippen LogP contribution in [0.2, 0.25) is 0 Å². The van der Waals surface area contributed by atoms with Crippen LogP contribution in [0.4, 0.5) is 0 Å². The van der Waals surface area contributed by atoms with Crippen LogP contribution < -0.4 is 5.73 Å². The quantitative estimate of drug-likeness (QED) is 0.0264. The molecule has 0 aromatic carbocycles. The average molecular weight is 1110 g/mol. The van der Waals surface area contributed by atoms with Crippen LogP contribution in [0.1, 0.15) is 277 Å². The first-order valence-electron chi connectivity index (χ1n) is 31.9. The average Bonchev–Trinajstić information content (AvgIpc) is 3.43. The summed E-state index contributed by atoms with van der Waals surface area (Å²) in [6, 6.07) is 0. The van der Waals surface area contributed by atoms with Gasteiger partial charge in [-0.1, -0.05) is 271 Å². The first-order chi connectivity index (χ1) is 38.3. The van der Waals surface area contributed by atoms with E-state index in [0.29, 0.717) is 12.8 Å². The van der Waals surface area contributed by atoms with E-state index in [1.165, 1.54) is 135 Å². The van der Waals surface area contributed by atoms with Gasteiger partial charge in [-0.2, -0.15) is 0 Å². The number of allylic oxidation sites excluding steroid dienone is 18. The van der Waals surface area contributed by atoms with Gasteiger partial charge >= 0.3 is 19.8 Å². The molecule has 0 aliphatic carbocycles. The first-order valence-corrected chi connectivity index (χ1v) is 33.4. The number of hydrogen-bond acceptors (Lipinski definition) is 8. The van der Waals surface area contributed by atoms with Gasteiger partial charge in [0.1, 0.15) is 6.61 Å². The number of hydrogen-bond donors (Lipinski definition) is 2. The molecule has 0 radical (unpaired) electrons. The van der Waals surface area contributed by atoms with E-state index >= 15 is 0 Å². The monoisotopic (exact) mass is 1110 g/mol. The molecular formula is C68H118NO8P. The molecule has 0 saturated heterocycles. The maximum absolute atomic E-state index is 12.7. The van der Waals surface area contributed by atoms with Crippen molar-refractivity contribution in [2.45, 2.75) is 283 Å². The van der Waals surface area contributed by atoms with Crippen molar-refractivity contribution in [3.05, 3.63) is 109 Å². The molecular weight excluding hydrogens is 990 g/mol. The highest BCUT2D eigenvalue weighted by atomic mass is 31.2. The largest absolute Gasteiger partial charge is 0.472 e. The molecule has 0 aliphatic heterocycles. The summed E-state index contributed by atoms with van der Waals surface area (Å²) in [5, 5.41) is 0. The standard InChI is InChI=1S/C68H118NO8P/c1-3-5-7-9-11-13-15-17-19-21-22-23-24-25-26-27-28-29-30-31-32-33-34-35-36-37-38-39-40-41-42-43-44-45-47-49-51-53-55-57-59-61-68(71)77-66(65-76-78(72,73)75-63-62-69)64-74-67(70)60-58-56-54-52-50-48-46-20-18-16-14-12-10-8-6-4-2/h5,7,11,13-14,16-17,19-20,22-23,25-26,28-29,31-32,46,66H,3-4,6,8-10,12,15,18,21,24,27,30,33-45,47-65,69H2,1-2H3,(H,72,73)/b7-5-,13-11-,16-14-,19-17-,23-22-,26-25-,29-28-,32-31-,46-20-. The number of esters is 2. The van der Waals surface area contributed by atoms with Crippen molar-refractivity contribution < 1.29 is 37.6 Å². The summed E-state index contributed by atoms with van der Waals surface area (Å²) in [7, 11) is -4.39. The highest BCUT2D eigenvalue weighted by molar-refractivity contribution is 7.47. The smallest absolute Gasteiger partial charge is 0.462 e. The minimum atomic E-state index is -4.39. The second-order valence-corrected chi connectivity index (χ2v) is 22.3. The highest BCUT2D eigenvalue weighted by Gasteiger charge is 2.26. The number of nitrogens with two attached hydrogens (primary N) is 1. The molecule has 0 bridgehead atoms. The van der Waals surface area contributed by atoms with Crippen LogP contribution in [0.15, 0.2) is 109 Å². The molecule has 0 heterocycles. The van der Waals surface area contributed by atoms with Crippen LogP contribution in [-0.2, 0) is 32.7 Å². The normalized spacial score (nSPS) is 13.7. The molecule has 0 amide bonds. The SMILES string of the molecule is CC/C=C\C/C=C\C/C=C\C/C=C\C/C=C\C/C=C\C/C=C\CCCCCCCCCCCCCCCCCCCCCC(=O)OC(COC(=O)CCCCCCC/C=C\C/C=C\CCCCCC)COP(=O)(O)OCCN. The molecule has 0 rings (SSSR count). The van der Waals surface area contributed by atoms with Crippen molar-refractivity contribution in [1.82, 2.24) is 0 Å². The molecule has 0 spiro atoms. The van der Waals surface area contributed by atoms with E-state index in [1.54, 1.807) is 0 Å². The minimum absolute atomic E-state index is 0.0490. The van der Waals surface area contributed by atoms with E-state index in [4.69, 9.17) is 24.3 Å². The van der Waals surface area contributed by atoms with E-state index in [-0.39, 0.29) is 32.6 Å². The Kier molecular flexibility index (Phi) is 60.2. The van der Waals surface area contributed by atoms with Gasteiger partial charge in [-0.25, -0.2) is 4.57 Å². The summed E-state index contributed by atoms with van der Waals surface area (Å²) < 4.78 is 33.0. The maximum Gasteiger partial charge on any atom is 0.472 e. The van der Waals surface area contributed by atoms with E-state index in [0.717, 1.165) is 103 Å². The molecule has 448 valence electrons. The summed E-state index contributed by atoms with van der Waals surface area (Å²) in [6.07, 6.45) is 86.0. The van der Waals surface area contributed by atoms with Crippen molar-refractivity contribution in [3.63, 3.8) is 0 Å². The lowest BCUT2D eigenvalue weighted by molar-refractivity contribution is -0.161. The molecule has 10 heteroatoms. The van der Waals surface area contributed by atoms with Crippen molar-refractivity contribution in [3.8, 4) is 0 Å². The molecule has 0 saturated carbocycles. The van der Waals surface area contributed by atoms with Crippen LogP contribution in [0.25, 0.3) is 0 Å². The van der Waals surface area contributed by atoms with Gasteiger partial charge in [0.25, 0.3) is 0 Å². The number of carbonyl (C=O) groups excluding carboxylic acids is 2. The van der Waals surface area contributed by atoms with Gasteiger partial charge in [-0.3, -0.25) is 18.6 Å². The van der Waals surface area contributed by atoms with Crippen LogP contribution in [0.5, 0.6) is 0 Å². The summed E-state index contributed by atoms with van der Waals surface area (Å²) in [5.74, 6) is -0.839. The lowest BCUT2D eigenvalue weighted by Gasteiger charge is -2.19. The summed E-state index contributed by atoms with van der Waals surface area (Å²) in [5.41, 5.74) is 5.38. The first kappa shape index (κ1) is 74.7. The number of carbonyl (C=O) groups is 2. The van der Waals surface area contributed by atoms with Crippen LogP contribution in [0.3, 0.4) is 0 Å². The fourth-order valence-electron chi connectivity index (χ4n) is 8.71. The fourth-order valence-corrected chi connectivity index (χ4v) is 9.47. The molecule has 0 aromatic heterocycles. The molecule has 0 fully saturated rings. The van der Waals surface area contributed by atoms with Gasteiger partial charge in [0, 0.05) is 19.4 Å². The van der Waals surface area contributed by atoms with Gasteiger partial charge < -0.3 is 20.1 Å². The number of unbranched alkanes of at least 4 members (excludes halogenated alkanes) is 28. The molecule has 2 unspecified atom stereocenters. The highest BCUT2D eigenvalue weighted by Crippen LogP contribution is 2.43. The van der Waals surface area contributed by atoms with E-state index in [9.17, 15) is 19.0 Å². The molecule has 0 aromatic rings. The lowest BCUT2D eigenvalue weighted by Crippen LogP contribution is -2.29. The zero-order chi connectivity index (χ0) is 56.6. The maximum atomic E-state index is 12.7. The Balaban J connectivity index is 3.84. The van der Waals surface area contributed by atoms with E-state index in [2.05, 4.69) is 123 Å². The predicted molar refractivity (Wildman–Crippen MR) is 335 cm³/mol. The summed E-state index contributed by atoms with van der Waals surface area (Å²) in [4.78, 5) is 35.2. The van der Waals surface area contributed by atoms with E-state index in [1.807, 2.05) is 0 Å². The molecule has 2 atom stereocenters. The van der Waals surface area contributed by atoms with Crippen molar-refractivity contribution in [2.24, 2.45) is 5.73 Å². The molecule has 78 heavy (non-hydrogen) atoms. The zero-order valence-electron chi connectivity index (χ0n) is 50.1. The Morgan fingerprint density at radius 2 is 0.705 bits per heavy atom. The summed E-state index contributed by atoms with van der Waals surface area (Å²) >= 11 is 0. The third kappa shape index (κ3) is 61.9. The van der Waals surface area contributed by atoms with Crippen molar-refractivity contribution >= 4 is 19.8 Å². The minimum Gasteiger partial charge on any atom is -0.462 e. The number of ether oxygens (including phenoxy) is 2. The molecule has 0 aliphatic rings. The second-order valence-electron chi connectivity index (χ2n) is 20.9. The van der Waals surface area contributed by atoms with Crippen molar-refractivity contribution in [1.29, 1.82) is 0 Å². The summed E-state index contributed by atoms with van der Waals surface area (Å²) in [6.45, 7) is 3.61.